The first-order valence-corrected chi connectivity index (χ1v) is 24.3. The van der Waals surface area contributed by atoms with E-state index in [2.05, 4.69) is 52.5 Å². The molecule has 2 aromatic carbocycles. The third kappa shape index (κ3) is 11.6. The normalized spacial score (nSPS) is 28.0. The molecular weight excluding hydrogens is 764 g/mol. The van der Waals surface area contributed by atoms with Gasteiger partial charge >= 0.3 is 11.9 Å². The molecule has 0 bridgehead atoms. The SMILES string of the molecule is CC(C)CCC[C@@H](C)[C@H]1CC[C@H]2[C@@H]3CC=C4C[C@@H](OC(=O)CCCCCCCOc5ccc(C#Cc6ccc(OC(=O)[C@@H](Cl)C(C)C)cc6)cc5)CC[C@]4(C)[C@H]3CC[C@]12C. The Morgan fingerprint density at radius 1 is 0.767 bits per heavy atom. The number of esters is 2. The van der Waals surface area contributed by atoms with Crippen LogP contribution in [0, 0.1) is 64.1 Å². The predicted octanol–water partition coefficient (Wildman–Crippen LogP) is 13.9. The Morgan fingerprint density at radius 3 is 2.12 bits per heavy atom. The number of halogens is 1. The molecule has 3 fully saturated rings. The summed E-state index contributed by atoms with van der Waals surface area (Å²) in [5.74, 6) is 12.2. The molecule has 0 aliphatic heterocycles. The highest BCUT2D eigenvalue weighted by Crippen LogP contribution is 2.67. The fourth-order valence-corrected chi connectivity index (χ4v) is 12.0. The molecule has 6 rings (SSSR count). The van der Waals surface area contributed by atoms with Crippen LogP contribution in [0.2, 0.25) is 0 Å². The summed E-state index contributed by atoms with van der Waals surface area (Å²) in [6, 6.07) is 14.9. The van der Waals surface area contributed by atoms with Gasteiger partial charge in [-0.05, 0) is 159 Å². The molecule has 0 spiro atoms. The number of alkyl halides is 1. The number of unbranched alkanes of at least 4 members (excludes halogenated alkanes) is 4. The molecule has 0 aromatic heterocycles. The highest BCUT2D eigenvalue weighted by Gasteiger charge is 2.59. The van der Waals surface area contributed by atoms with Crippen molar-refractivity contribution in [2.75, 3.05) is 6.61 Å². The zero-order chi connectivity index (χ0) is 42.9. The first-order chi connectivity index (χ1) is 28.8. The Hall–Kier alpha value is -3.23. The second-order valence-electron chi connectivity index (χ2n) is 20.4. The van der Waals surface area contributed by atoms with Gasteiger partial charge in [0, 0.05) is 24.0 Å². The standard InChI is InChI=1S/C54H75ClO5/c1-37(2)14-13-15-39(5)47-29-30-48-46-28-23-42-36-45(31-33-53(42,6)49(46)32-34-54(47,48)7)59-50(56)16-11-9-8-10-12-35-58-43-24-19-40(20-25-43)17-18-41-21-26-44(27-22-41)60-52(57)51(55)38(3)4/h19-27,37-39,45-49,51H,8-16,28-36H2,1-7H3/t39-,45+,46+,47-,48+,49+,51+,53+,54-/m1/s1. The molecule has 328 valence electrons. The molecule has 0 saturated heterocycles. The van der Waals surface area contributed by atoms with Gasteiger partial charge in [0.1, 0.15) is 23.0 Å². The molecule has 9 atom stereocenters. The maximum Gasteiger partial charge on any atom is 0.329 e. The molecule has 3 saturated carbocycles. The van der Waals surface area contributed by atoms with Crippen molar-refractivity contribution in [3.63, 3.8) is 0 Å². The van der Waals surface area contributed by atoms with Gasteiger partial charge in [0.05, 0.1) is 6.61 Å². The van der Waals surface area contributed by atoms with Gasteiger partial charge in [0.2, 0.25) is 0 Å². The molecule has 5 nitrogen and oxygen atoms in total. The van der Waals surface area contributed by atoms with Crippen LogP contribution in [0.4, 0.5) is 0 Å². The van der Waals surface area contributed by atoms with Crippen molar-refractivity contribution >= 4 is 23.5 Å². The fraction of sp³-hybridized carbons (Fsp3) is 0.667. The van der Waals surface area contributed by atoms with Gasteiger partial charge in [-0.3, -0.25) is 9.59 Å². The number of allylic oxidation sites excluding steroid dienone is 1. The van der Waals surface area contributed by atoms with Crippen molar-refractivity contribution in [2.24, 2.45) is 52.3 Å². The highest BCUT2D eigenvalue weighted by atomic mass is 35.5. The van der Waals surface area contributed by atoms with Crippen LogP contribution in [-0.4, -0.2) is 30.0 Å². The van der Waals surface area contributed by atoms with Crippen molar-refractivity contribution in [3.8, 4) is 23.3 Å². The van der Waals surface area contributed by atoms with E-state index in [0.29, 0.717) is 24.2 Å². The molecule has 60 heavy (non-hydrogen) atoms. The maximum absolute atomic E-state index is 12.9. The predicted molar refractivity (Wildman–Crippen MR) is 245 cm³/mol. The Bertz CT molecular complexity index is 1800. The number of rotatable bonds is 18. The first-order valence-electron chi connectivity index (χ1n) is 23.9. The number of benzene rings is 2. The minimum Gasteiger partial charge on any atom is -0.494 e. The first kappa shape index (κ1) is 46.3. The minimum absolute atomic E-state index is 0.00115. The number of hydrogen-bond donors (Lipinski definition) is 0. The monoisotopic (exact) mass is 839 g/mol. The van der Waals surface area contributed by atoms with Crippen LogP contribution in [0.25, 0.3) is 0 Å². The van der Waals surface area contributed by atoms with E-state index in [1.807, 2.05) is 50.2 Å². The van der Waals surface area contributed by atoms with E-state index in [1.54, 1.807) is 17.7 Å². The van der Waals surface area contributed by atoms with Gasteiger partial charge in [-0.2, -0.15) is 0 Å². The Labute approximate surface area is 368 Å². The van der Waals surface area contributed by atoms with E-state index in [0.717, 1.165) is 97.3 Å². The Balaban J connectivity index is 0.839. The third-order valence-electron chi connectivity index (χ3n) is 15.4. The Morgan fingerprint density at radius 2 is 1.43 bits per heavy atom. The molecular formula is C54H75ClO5. The van der Waals surface area contributed by atoms with Gasteiger partial charge < -0.3 is 14.2 Å². The number of fused-ring (bicyclic) bond motifs is 5. The molecule has 0 unspecified atom stereocenters. The summed E-state index contributed by atoms with van der Waals surface area (Å²) < 4.78 is 17.5. The second kappa shape index (κ2) is 21.2. The summed E-state index contributed by atoms with van der Waals surface area (Å²) in [5, 5.41) is -0.676. The maximum atomic E-state index is 12.9. The zero-order valence-electron chi connectivity index (χ0n) is 38.0. The molecule has 6 heteroatoms. The lowest BCUT2D eigenvalue weighted by molar-refractivity contribution is -0.151. The number of ether oxygens (including phenoxy) is 3. The minimum atomic E-state index is -0.676. The van der Waals surface area contributed by atoms with Crippen LogP contribution < -0.4 is 9.47 Å². The van der Waals surface area contributed by atoms with Crippen LogP contribution in [-0.2, 0) is 14.3 Å². The summed E-state index contributed by atoms with van der Waals surface area (Å²) in [5.41, 5.74) is 4.13. The lowest BCUT2D eigenvalue weighted by Gasteiger charge is -2.58. The van der Waals surface area contributed by atoms with Crippen molar-refractivity contribution in [1.82, 2.24) is 0 Å². The summed E-state index contributed by atoms with van der Waals surface area (Å²) >= 11 is 6.10. The van der Waals surface area contributed by atoms with Crippen LogP contribution in [0.1, 0.15) is 169 Å². The van der Waals surface area contributed by atoms with E-state index in [4.69, 9.17) is 25.8 Å². The summed E-state index contributed by atoms with van der Waals surface area (Å²) in [7, 11) is 0. The number of hydrogen-bond acceptors (Lipinski definition) is 5. The summed E-state index contributed by atoms with van der Waals surface area (Å²) in [4.78, 5) is 25.0. The molecule has 2 aromatic rings. The van der Waals surface area contributed by atoms with E-state index in [-0.39, 0.29) is 23.4 Å². The number of carbonyl (C=O) groups excluding carboxylic acids is 2. The van der Waals surface area contributed by atoms with E-state index in [1.165, 1.54) is 57.8 Å². The van der Waals surface area contributed by atoms with Gasteiger partial charge in [-0.15, -0.1) is 11.6 Å². The molecule has 4 aliphatic rings. The second-order valence-corrected chi connectivity index (χ2v) is 20.8. The molecule has 0 amide bonds. The van der Waals surface area contributed by atoms with Crippen LogP contribution in [0.15, 0.2) is 60.2 Å². The largest absolute Gasteiger partial charge is 0.494 e. The van der Waals surface area contributed by atoms with Crippen molar-refractivity contribution in [2.45, 2.75) is 169 Å². The number of carbonyl (C=O) groups is 2. The molecule has 4 aliphatic carbocycles. The van der Waals surface area contributed by atoms with Crippen molar-refractivity contribution in [1.29, 1.82) is 0 Å². The van der Waals surface area contributed by atoms with Crippen molar-refractivity contribution in [3.05, 3.63) is 71.3 Å². The van der Waals surface area contributed by atoms with Crippen LogP contribution >= 0.6 is 11.6 Å². The fourth-order valence-electron chi connectivity index (χ4n) is 11.9. The molecule has 0 radical (unpaired) electrons. The summed E-state index contributed by atoms with van der Waals surface area (Å²) in [6.07, 6.45) is 22.5. The third-order valence-corrected chi connectivity index (χ3v) is 16.1. The topological polar surface area (TPSA) is 61.8 Å². The zero-order valence-corrected chi connectivity index (χ0v) is 38.8. The van der Waals surface area contributed by atoms with Gasteiger partial charge in [-0.25, -0.2) is 0 Å². The average molecular weight is 840 g/mol. The average Bonchev–Trinajstić information content (AvgIpc) is 3.59. The lowest BCUT2D eigenvalue weighted by atomic mass is 9.47. The van der Waals surface area contributed by atoms with E-state index in [9.17, 15) is 9.59 Å². The van der Waals surface area contributed by atoms with Crippen molar-refractivity contribution < 1.29 is 23.8 Å². The highest BCUT2D eigenvalue weighted by molar-refractivity contribution is 6.30. The van der Waals surface area contributed by atoms with E-state index >= 15 is 0 Å². The lowest BCUT2D eigenvalue weighted by Crippen LogP contribution is -2.51. The van der Waals surface area contributed by atoms with Gasteiger partial charge in [0.25, 0.3) is 0 Å². The van der Waals surface area contributed by atoms with E-state index < -0.39 is 11.3 Å². The molecule has 0 N–H and O–H groups in total. The van der Waals surface area contributed by atoms with Crippen LogP contribution in [0.5, 0.6) is 11.5 Å². The quantitative estimate of drug-likeness (QED) is 0.0374. The summed E-state index contributed by atoms with van der Waals surface area (Å²) in [6.45, 7) is 17.0. The van der Waals surface area contributed by atoms with Crippen LogP contribution in [0.3, 0.4) is 0 Å². The smallest absolute Gasteiger partial charge is 0.329 e. The molecule has 0 heterocycles. The van der Waals surface area contributed by atoms with Gasteiger partial charge in [0.15, 0.2) is 0 Å². The Kier molecular flexibility index (Phi) is 16.4. The van der Waals surface area contributed by atoms with Gasteiger partial charge in [-0.1, -0.05) is 110 Å².